The molecule has 1 saturated heterocycles. The van der Waals surface area contributed by atoms with Crippen LogP contribution in [0.1, 0.15) is 5.56 Å². The minimum atomic E-state index is -0.691. The SMILES string of the molecule is O=C1NC(=Nc2ccccc2Cl)SC1=Cc1ccc(O)c([N+](=O)[O-])c1. The molecule has 0 aliphatic carbocycles. The molecule has 1 fully saturated rings. The number of thioether (sulfide) groups is 1. The molecule has 1 heterocycles. The molecule has 0 saturated carbocycles. The van der Waals surface area contributed by atoms with E-state index in [1.807, 2.05) is 0 Å². The highest BCUT2D eigenvalue weighted by molar-refractivity contribution is 8.18. The number of hydrogen-bond acceptors (Lipinski definition) is 6. The topological polar surface area (TPSA) is 105 Å². The minimum Gasteiger partial charge on any atom is -0.502 e. The van der Waals surface area contributed by atoms with Gasteiger partial charge in [-0.05, 0) is 41.6 Å². The number of phenols is 1. The van der Waals surface area contributed by atoms with Crippen LogP contribution in [0, 0.1) is 10.1 Å². The molecular formula is C16H10ClN3O4S. The number of amides is 1. The first-order valence-electron chi connectivity index (χ1n) is 6.95. The monoisotopic (exact) mass is 375 g/mol. The van der Waals surface area contributed by atoms with Crippen LogP contribution in [-0.2, 0) is 4.79 Å². The zero-order valence-electron chi connectivity index (χ0n) is 12.5. The van der Waals surface area contributed by atoms with E-state index in [1.165, 1.54) is 24.3 Å². The van der Waals surface area contributed by atoms with Gasteiger partial charge in [0.05, 0.1) is 20.5 Å². The normalized spacial score (nSPS) is 17.1. The Bertz CT molecular complexity index is 943. The lowest BCUT2D eigenvalue weighted by Gasteiger charge is -1.99. The van der Waals surface area contributed by atoms with Gasteiger partial charge in [-0.25, -0.2) is 4.99 Å². The highest BCUT2D eigenvalue weighted by atomic mass is 35.5. The molecule has 0 bridgehead atoms. The second-order valence-electron chi connectivity index (χ2n) is 4.94. The van der Waals surface area contributed by atoms with E-state index in [2.05, 4.69) is 10.3 Å². The number of halogens is 1. The van der Waals surface area contributed by atoms with Gasteiger partial charge in [-0.2, -0.15) is 0 Å². The molecule has 0 spiro atoms. The summed E-state index contributed by atoms with van der Waals surface area (Å²) in [6.45, 7) is 0. The molecule has 0 radical (unpaired) electrons. The second-order valence-corrected chi connectivity index (χ2v) is 6.38. The molecule has 0 aromatic heterocycles. The Morgan fingerprint density at radius 2 is 2.04 bits per heavy atom. The lowest BCUT2D eigenvalue weighted by molar-refractivity contribution is -0.385. The van der Waals surface area contributed by atoms with Crippen LogP contribution in [0.15, 0.2) is 52.4 Å². The summed E-state index contributed by atoms with van der Waals surface area (Å²) in [5.74, 6) is -0.803. The molecule has 126 valence electrons. The first-order chi connectivity index (χ1) is 11.9. The summed E-state index contributed by atoms with van der Waals surface area (Å²) >= 11 is 7.13. The maximum Gasteiger partial charge on any atom is 0.311 e. The van der Waals surface area contributed by atoms with Crippen LogP contribution in [0.4, 0.5) is 11.4 Å². The number of nitrogens with one attached hydrogen (secondary N) is 1. The molecule has 25 heavy (non-hydrogen) atoms. The summed E-state index contributed by atoms with van der Waals surface area (Å²) in [6, 6.07) is 10.8. The van der Waals surface area contributed by atoms with Gasteiger partial charge in [0, 0.05) is 6.07 Å². The van der Waals surface area contributed by atoms with Crippen molar-refractivity contribution in [1.29, 1.82) is 0 Å². The number of amidine groups is 1. The average molecular weight is 376 g/mol. The van der Waals surface area contributed by atoms with Gasteiger partial charge in [0.25, 0.3) is 5.91 Å². The number of nitro groups is 1. The summed E-state index contributed by atoms with van der Waals surface area (Å²) in [7, 11) is 0. The molecule has 2 aromatic carbocycles. The summed E-state index contributed by atoms with van der Waals surface area (Å²) in [5, 5.41) is 23.8. The molecular weight excluding hydrogens is 366 g/mol. The van der Waals surface area contributed by atoms with Crippen LogP contribution >= 0.6 is 23.4 Å². The average Bonchev–Trinajstić information content (AvgIpc) is 2.90. The van der Waals surface area contributed by atoms with Crippen LogP contribution in [0.5, 0.6) is 5.75 Å². The number of hydrogen-bond donors (Lipinski definition) is 2. The van der Waals surface area contributed by atoms with E-state index in [0.717, 1.165) is 11.8 Å². The van der Waals surface area contributed by atoms with E-state index in [-0.39, 0.29) is 5.91 Å². The Labute approximate surface area is 151 Å². The van der Waals surface area contributed by atoms with Gasteiger partial charge in [0.1, 0.15) is 0 Å². The van der Waals surface area contributed by atoms with Gasteiger partial charge >= 0.3 is 5.69 Å². The van der Waals surface area contributed by atoms with Crippen molar-refractivity contribution in [1.82, 2.24) is 5.32 Å². The third kappa shape index (κ3) is 3.81. The van der Waals surface area contributed by atoms with Gasteiger partial charge in [0.2, 0.25) is 0 Å². The number of phenolic OH excluding ortho intramolecular Hbond substituents is 1. The quantitative estimate of drug-likeness (QED) is 0.481. The first-order valence-corrected chi connectivity index (χ1v) is 8.15. The molecule has 1 aliphatic rings. The number of para-hydroxylation sites is 1. The summed E-state index contributed by atoms with van der Waals surface area (Å²) in [4.78, 5) is 26.8. The third-order valence-corrected chi connectivity index (χ3v) is 4.45. The van der Waals surface area contributed by atoms with Crippen LogP contribution in [-0.4, -0.2) is 21.1 Å². The number of benzene rings is 2. The van der Waals surface area contributed by atoms with Gasteiger partial charge in [0.15, 0.2) is 10.9 Å². The van der Waals surface area contributed by atoms with Crippen molar-refractivity contribution in [3.05, 3.63) is 68.1 Å². The van der Waals surface area contributed by atoms with E-state index in [9.17, 15) is 20.0 Å². The fourth-order valence-corrected chi connectivity index (χ4v) is 3.07. The molecule has 2 N–H and O–H groups in total. The number of nitrogens with zero attached hydrogens (tertiary/aromatic N) is 2. The first kappa shape index (κ1) is 17.0. The number of aromatic hydroxyl groups is 1. The van der Waals surface area contributed by atoms with Gasteiger partial charge in [-0.15, -0.1) is 0 Å². The Balaban J connectivity index is 1.88. The van der Waals surface area contributed by atoms with E-state index in [0.29, 0.717) is 26.3 Å². The fraction of sp³-hybridized carbons (Fsp3) is 0. The van der Waals surface area contributed by atoms with Gasteiger partial charge < -0.3 is 10.4 Å². The lowest BCUT2D eigenvalue weighted by atomic mass is 10.1. The smallest absolute Gasteiger partial charge is 0.311 e. The Hall–Kier alpha value is -2.84. The van der Waals surface area contributed by atoms with Crippen LogP contribution < -0.4 is 5.32 Å². The van der Waals surface area contributed by atoms with Crippen molar-refractivity contribution in [3.63, 3.8) is 0 Å². The van der Waals surface area contributed by atoms with Crippen LogP contribution in [0.3, 0.4) is 0 Å². The zero-order chi connectivity index (χ0) is 18.0. The maximum atomic E-state index is 12.1. The molecule has 7 nitrogen and oxygen atoms in total. The third-order valence-electron chi connectivity index (χ3n) is 3.22. The summed E-state index contributed by atoms with van der Waals surface area (Å²) in [5.41, 5.74) is 0.511. The van der Waals surface area contributed by atoms with Crippen LogP contribution in [0.2, 0.25) is 5.02 Å². The molecule has 0 unspecified atom stereocenters. The highest BCUT2D eigenvalue weighted by Crippen LogP contribution is 2.32. The maximum absolute atomic E-state index is 12.1. The Morgan fingerprint density at radius 3 is 2.76 bits per heavy atom. The Kier molecular flexibility index (Phi) is 4.73. The van der Waals surface area contributed by atoms with Crippen molar-refractivity contribution in [2.45, 2.75) is 0 Å². The lowest BCUT2D eigenvalue weighted by Crippen LogP contribution is -2.19. The number of carbonyl (C=O) groups excluding carboxylic acids is 1. The van der Waals surface area contributed by atoms with Crippen molar-refractivity contribution in [2.75, 3.05) is 0 Å². The minimum absolute atomic E-state index is 0.325. The van der Waals surface area contributed by atoms with E-state index in [1.54, 1.807) is 24.3 Å². The largest absolute Gasteiger partial charge is 0.502 e. The van der Waals surface area contributed by atoms with Crippen LogP contribution in [0.25, 0.3) is 6.08 Å². The zero-order valence-corrected chi connectivity index (χ0v) is 14.0. The van der Waals surface area contributed by atoms with Crippen molar-refractivity contribution < 1.29 is 14.8 Å². The standard InChI is InChI=1S/C16H10ClN3O4S/c17-10-3-1-2-4-11(10)18-16-19-15(22)14(25-16)8-9-5-6-13(21)12(7-9)20(23)24/h1-8,21H,(H,18,19,22). The summed E-state index contributed by atoms with van der Waals surface area (Å²) < 4.78 is 0. The highest BCUT2D eigenvalue weighted by Gasteiger charge is 2.24. The predicted octanol–water partition coefficient (Wildman–Crippen LogP) is 3.85. The molecule has 0 atom stereocenters. The molecule has 1 amide bonds. The van der Waals surface area contributed by atoms with E-state index >= 15 is 0 Å². The van der Waals surface area contributed by atoms with Crippen molar-refractivity contribution in [2.24, 2.45) is 4.99 Å². The fourth-order valence-electron chi connectivity index (χ4n) is 2.06. The second kappa shape index (κ2) is 6.96. The molecule has 2 aromatic rings. The number of aliphatic imine (C=N–C) groups is 1. The molecule has 9 heteroatoms. The number of nitro benzene ring substituents is 1. The predicted molar refractivity (Wildman–Crippen MR) is 97.0 cm³/mol. The Morgan fingerprint density at radius 1 is 1.28 bits per heavy atom. The van der Waals surface area contributed by atoms with Gasteiger partial charge in [-0.1, -0.05) is 29.8 Å². The molecule has 3 rings (SSSR count). The van der Waals surface area contributed by atoms with Gasteiger partial charge in [-0.3, -0.25) is 14.9 Å². The summed E-state index contributed by atoms with van der Waals surface area (Å²) in [6.07, 6.45) is 1.49. The van der Waals surface area contributed by atoms with Crippen molar-refractivity contribution in [3.8, 4) is 5.75 Å². The van der Waals surface area contributed by atoms with E-state index < -0.39 is 16.4 Å². The number of rotatable bonds is 3. The van der Waals surface area contributed by atoms with Crippen molar-refractivity contribution >= 4 is 51.9 Å². The molecule has 1 aliphatic heterocycles. The number of carbonyl (C=O) groups is 1. The van der Waals surface area contributed by atoms with E-state index in [4.69, 9.17) is 11.6 Å².